The summed E-state index contributed by atoms with van der Waals surface area (Å²) in [6.45, 7) is 7.94. The van der Waals surface area contributed by atoms with Crippen LogP contribution in [0.15, 0.2) is 18.3 Å². The maximum atomic E-state index is 11.8. The Kier molecular flexibility index (Phi) is 6.75. The number of carbonyl (C=O) groups excluding carboxylic acids is 1. The molecule has 6 heteroatoms. The number of carbonyl (C=O) groups is 1. The fourth-order valence-corrected chi connectivity index (χ4v) is 2.00. The Morgan fingerprint density at radius 1 is 1.45 bits per heavy atom. The van der Waals surface area contributed by atoms with Gasteiger partial charge in [0.15, 0.2) is 0 Å². The van der Waals surface area contributed by atoms with E-state index in [0.29, 0.717) is 5.82 Å². The van der Waals surface area contributed by atoms with Crippen LogP contribution in [0.5, 0.6) is 0 Å². The Balaban J connectivity index is 0.00000200. The lowest BCUT2D eigenvalue weighted by atomic mass is 10.1. The number of rotatable bonds is 4. The Morgan fingerprint density at radius 3 is 2.70 bits per heavy atom. The van der Waals surface area contributed by atoms with Crippen molar-refractivity contribution in [2.24, 2.45) is 5.92 Å². The number of piperazine rings is 1. The first-order chi connectivity index (χ1) is 9.20. The second-order valence-corrected chi connectivity index (χ2v) is 4.94. The molecule has 0 saturated carbocycles. The van der Waals surface area contributed by atoms with E-state index < -0.39 is 0 Å². The van der Waals surface area contributed by atoms with Gasteiger partial charge in [0.1, 0.15) is 5.82 Å². The van der Waals surface area contributed by atoms with Crippen molar-refractivity contribution in [3.63, 3.8) is 0 Å². The highest BCUT2D eigenvalue weighted by Crippen LogP contribution is 2.16. The first kappa shape index (κ1) is 16.7. The van der Waals surface area contributed by atoms with Crippen molar-refractivity contribution in [3.8, 4) is 0 Å². The third-order valence-electron chi connectivity index (χ3n) is 3.54. The number of amides is 1. The normalized spacial score (nSPS) is 16.2. The second kappa shape index (κ2) is 8.07. The predicted octanol–water partition coefficient (Wildman–Crippen LogP) is 1.90. The Bertz CT molecular complexity index is 418. The molecule has 1 atom stereocenters. The SMILES string of the molecule is CCC(C)C(=O)Nc1ccc(N2CCNCC2)cn1.Cl. The molecule has 1 aromatic rings. The molecule has 1 aromatic heterocycles. The highest BCUT2D eigenvalue weighted by molar-refractivity contribution is 5.91. The predicted molar refractivity (Wildman–Crippen MR) is 84.7 cm³/mol. The van der Waals surface area contributed by atoms with Crippen molar-refractivity contribution in [1.29, 1.82) is 0 Å². The summed E-state index contributed by atoms with van der Waals surface area (Å²) < 4.78 is 0. The van der Waals surface area contributed by atoms with Crippen molar-refractivity contribution < 1.29 is 4.79 Å². The van der Waals surface area contributed by atoms with Gasteiger partial charge >= 0.3 is 0 Å². The average Bonchev–Trinajstić information content (AvgIpc) is 2.48. The molecule has 1 saturated heterocycles. The number of halogens is 1. The van der Waals surface area contributed by atoms with E-state index in [1.165, 1.54) is 0 Å². The lowest BCUT2D eigenvalue weighted by Crippen LogP contribution is -2.43. The number of hydrogen-bond donors (Lipinski definition) is 2. The topological polar surface area (TPSA) is 57.3 Å². The lowest BCUT2D eigenvalue weighted by molar-refractivity contribution is -0.119. The summed E-state index contributed by atoms with van der Waals surface area (Å²) in [5.74, 6) is 0.684. The lowest BCUT2D eigenvalue weighted by Gasteiger charge is -2.29. The van der Waals surface area contributed by atoms with Crippen LogP contribution in [-0.2, 0) is 4.79 Å². The zero-order valence-corrected chi connectivity index (χ0v) is 12.9. The van der Waals surface area contributed by atoms with Gasteiger partial charge in [0, 0.05) is 32.1 Å². The summed E-state index contributed by atoms with van der Waals surface area (Å²) >= 11 is 0. The molecule has 20 heavy (non-hydrogen) atoms. The number of nitrogens with one attached hydrogen (secondary N) is 2. The highest BCUT2D eigenvalue weighted by atomic mass is 35.5. The van der Waals surface area contributed by atoms with Crippen LogP contribution in [0, 0.1) is 5.92 Å². The first-order valence-corrected chi connectivity index (χ1v) is 6.93. The van der Waals surface area contributed by atoms with Gasteiger partial charge < -0.3 is 15.5 Å². The monoisotopic (exact) mass is 298 g/mol. The molecule has 2 rings (SSSR count). The molecule has 0 bridgehead atoms. The van der Waals surface area contributed by atoms with Crippen LogP contribution in [0.1, 0.15) is 20.3 Å². The van der Waals surface area contributed by atoms with Gasteiger partial charge in [0.25, 0.3) is 0 Å². The van der Waals surface area contributed by atoms with Gasteiger partial charge in [0.2, 0.25) is 5.91 Å². The molecular weight excluding hydrogens is 276 g/mol. The third-order valence-corrected chi connectivity index (χ3v) is 3.54. The number of hydrogen-bond acceptors (Lipinski definition) is 4. The molecule has 5 nitrogen and oxygen atoms in total. The minimum atomic E-state index is 0. The molecule has 0 spiro atoms. The van der Waals surface area contributed by atoms with E-state index in [4.69, 9.17) is 0 Å². The van der Waals surface area contributed by atoms with Gasteiger partial charge in [-0.05, 0) is 18.6 Å². The molecular formula is C14H23ClN4O. The van der Waals surface area contributed by atoms with E-state index in [9.17, 15) is 4.79 Å². The van der Waals surface area contributed by atoms with Crippen molar-refractivity contribution >= 4 is 29.8 Å². The van der Waals surface area contributed by atoms with Crippen molar-refractivity contribution in [2.75, 3.05) is 36.4 Å². The van der Waals surface area contributed by atoms with Crippen molar-refractivity contribution in [3.05, 3.63) is 18.3 Å². The maximum Gasteiger partial charge on any atom is 0.228 e. The van der Waals surface area contributed by atoms with Crippen LogP contribution in [0.3, 0.4) is 0 Å². The molecule has 0 radical (unpaired) electrons. The molecule has 1 amide bonds. The quantitative estimate of drug-likeness (QED) is 0.891. The van der Waals surface area contributed by atoms with Gasteiger partial charge in [-0.3, -0.25) is 4.79 Å². The van der Waals surface area contributed by atoms with E-state index in [-0.39, 0.29) is 24.2 Å². The molecule has 1 fully saturated rings. The van der Waals surface area contributed by atoms with Crippen molar-refractivity contribution in [2.45, 2.75) is 20.3 Å². The van der Waals surface area contributed by atoms with E-state index >= 15 is 0 Å². The molecule has 2 N–H and O–H groups in total. The standard InChI is InChI=1S/C14H22N4O.ClH/c1-3-11(2)14(19)17-13-5-4-12(10-16-13)18-8-6-15-7-9-18;/h4-5,10-11,15H,3,6-9H2,1-2H3,(H,16,17,19);1H. The van der Waals surface area contributed by atoms with Gasteiger partial charge in [-0.1, -0.05) is 13.8 Å². The number of nitrogens with zero attached hydrogens (tertiary/aromatic N) is 2. The average molecular weight is 299 g/mol. The van der Waals surface area contributed by atoms with E-state index in [1.54, 1.807) is 0 Å². The molecule has 1 unspecified atom stereocenters. The van der Waals surface area contributed by atoms with Gasteiger partial charge in [-0.2, -0.15) is 0 Å². The summed E-state index contributed by atoms with van der Waals surface area (Å²) in [5.41, 5.74) is 1.11. The Labute approximate surface area is 126 Å². The largest absolute Gasteiger partial charge is 0.368 e. The van der Waals surface area contributed by atoms with Crippen LogP contribution in [0.25, 0.3) is 0 Å². The molecule has 1 aliphatic rings. The highest BCUT2D eigenvalue weighted by Gasteiger charge is 2.13. The minimum Gasteiger partial charge on any atom is -0.368 e. The van der Waals surface area contributed by atoms with Crippen LogP contribution in [0.2, 0.25) is 0 Å². The van der Waals surface area contributed by atoms with Crippen LogP contribution < -0.4 is 15.5 Å². The Hall–Kier alpha value is -1.33. The zero-order valence-electron chi connectivity index (χ0n) is 12.1. The molecule has 1 aliphatic heterocycles. The number of anilines is 2. The molecule has 2 heterocycles. The number of pyridine rings is 1. The summed E-state index contributed by atoms with van der Waals surface area (Å²) in [4.78, 5) is 18.4. The molecule has 0 aliphatic carbocycles. The maximum absolute atomic E-state index is 11.8. The summed E-state index contributed by atoms with van der Waals surface area (Å²) in [5, 5.41) is 6.16. The Morgan fingerprint density at radius 2 is 2.15 bits per heavy atom. The van der Waals surface area contributed by atoms with Crippen LogP contribution in [0.4, 0.5) is 11.5 Å². The van der Waals surface area contributed by atoms with E-state index in [2.05, 4.69) is 20.5 Å². The smallest absolute Gasteiger partial charge is 0.228 e. The fourth-order valence-electron chi connectivity index (χ4n) is 2.00. The van der Waals surface area contributed by atoms with E-state index in [1.807, 2.05) is 32.2 Å². The fraction of sp³-hybridized carbons (Fsp3) is 0.571. The summed E-state index contributed by atoms with van der Waals surface area (Å²) in [7, 11) is 0. The summed E-state index contributed by atoms with van der Waals surface area (Å²) in [6.07, 6.45) is 2.67. The van der Waals surface area contributed by atoms with Gasteiger partial charge in [-0.15, -0.1) is 12.4 Å². The van der Waals surface area contributed by atoms with Gasteiger partial charge in [0.05, 0.1) is 11.9 Å². The van der Waals surface area contributed by atoms with E-state index in [0.717, 1.165) is 38.3 Å². The minimum absolute atomic E-state index is 0. The summed E-state index contributed by atoms with van der Waals surface area (Å²) in [6, 6.07) is 3.89. The molecule has 112 valence electrons. The molecule has 0 aromatic carbocycles. The van der Waals surface area contributed by atoms with Crippen molar-refractivity contribution in [1.82, 2.24) is 10.3 Å². The first-order valence-electron chi connectivity index (χ1n) is 6.93. The van der Waals surface area contributed by atoms with Crippen LogP contribution >= 0.6 is 12.4 Å². The van der Waals surface area contributed by atoms with Crippen LogP contribution in [-0.4, -0.2) is 37.1 Å². The third kappa shape index (κ3) is 4.35. The number of aromatic nitrogens is 1. The van der Waals surface area contributed by atoms with Gasteiger partial charge in [-0.25, -0.2) is 4.98 Å². The second-order valence-electron chi connectivity index (χ2n) is 4.94. The zero-order chi connectivity index (χ0) is 13.7.